The zero-order chi connectivity index (χ0) is 22.5. The zero-order valence-electron chi connectivity index (χ0n) is 19.5. The number of hydrogen-bond donors (Lipinski definition) is 2. The van der Waals surface area contributed by atoms with Crippen LogP contribution in [0.3, 0.4) is 0 Å². The van der Waals surface area contributed by atoms with E-state index in [-0.39, 0.29) is 17.1 Å². The average Bonchev–Trinajstić information content (AvgIpc) is 3.26. The van der Waals surface area contributed by atoms with Crippen LogP contribution in [0.1, 0.15) is 51.5 Å². The van der Waals surface area contributed by atoms with Gasteiger partial charge < -0.3 is 19.8 Å². The Kier molecular flexibility index (Phi) is 4.31. The molecule has 2 aliphatic heterocycles. The molecule has 0 aromatic carbocycles. The minimum absolute atomic E-state index is 0.0134. The van der Waals surface area contributed by atoms with E-state index in [0.717, 1.165) is 37.7 Å². The molecule has 3 heterocycles. The Morgan fingerprint density at radius 1 is 1.16 bits per heavy atom. The molecule has 3 aliphatic carbocycles. The number of hydrogen-bond acceptors (Lipinski definition) is 5. The van der Waals surface area contributed by atoms with E-state index >= 15 is 0 Å². The van der Waals surface area contributed by atoms with E-state index in [1.807, 2.05) is 31.4 Å². The Labute approximate surface area is 190 Å². The molecule has 5 heteroatoms. The fraction of sp³-hybridized carbons (Fsp3) is 0.593. The summed E-state index contributed by atoms with van der Waals surface area (Å²) in [5.41, 5.74) is 5.42. The Hall–Kier alpha value is -1.79. The van der Waals surface area contributed by atoms with Gasteiger partial charge in [-0.1, -0.05) is 24.6 Å². The number of aromatic nitrogens is 1. The lowest BCUT2D eigenvalue weighted by Gasteiger charge is -2.56. The van der Waals surface area contributed by atoms with Crippen LogP contribution in [0.4, 0.5) is 0 Å². The Balaban J connectivity index is 1.47. The monoisotopic (exact) mass is 434 g/mol. The third kappa shape index (κ3) is 2.46. The van der Waals surface area contributed by atoms with Crippen molar-refractivity contribution in [3.8, 4) is 0 Å². The van der Waals surface area contributed by atoms with Gasteiger partial charge in [0.2, 0.25) is 0 Å². The molecule has 170 valence electrons. The van der Waals surface area contributed by atoms with Crippen LogP contribution in [0.25, 0.3) is 5.57 Å². The largest absolute Gasteiger partial charge is 0.388 e. The predicted molar refractivity (Wildman–Crippen MR) is 124 cm³/mol. The fourth-order valence-electron chi connectivity index (χ4n) is 7.98. The van der Waals surface area contributed by atoms with E-state index in [9.17, 15) is 10.2 Å². The van der Waals surface area contributed by atoms with Crippen molar-refractivity contribution in [3.63, 3.8) is 0 Å². The zero-order valence-corrected chi connectivity index (χ0v) is 19.5. The van der Waals surface area contributed by atoms with Gasteiger partial charge >= 0.3 is 0 Å². The molecule has 5 nitrogen and oxygen atoms in total. The number of aliphatic hydroxyl groups is 2. The van der Waals surface area contributed by atoms with Crippen LogP contribution in [0.15, 0.2) is 53.4 Å². The number of nitrogens with zero attached hydrogens (tertiary/aromatic N) is 2. The quantitative estimate of drug-likeness (QED) is 0.746. The maximum atomic E-state index is 11.1. The molecule has 2 fully saturated rings. The van der Waals surface area contributed by atoms with E-state index in [1.54, 1.807) is 0 Å². The van der Waals surface area contributed by atoms with Gasteiger partial charge in [-0.05, 0) is 87.5 Å². The number of pyridine rings is 1. The topological polar surface area (TPSA) is 65.8 Å². The van der Waals surface area contributed by atoms with Crippen molar-refractivity contribution in [3.05, 3.63) is 59.0 Å². The van der Waals surface area contributed by atoms with Crippen LogP contribution < -0.4 is 0 Å². The van der Waals surface area contributed by atoms with Gasteiger partial charge in [0, 0.05) is 29.8 Å². The van der Waals surface area contributed by atoms with Gasteiger partial charge in [0.05, 0.1) is 17.3 Å². The average molecular weight is 435 g/mol. The molecule has 32 heavy (non-hydrogen) atoms. The van der Waals surface area contributed by atoms with Crippen molar-refractivity contribution in [2.24, 2.45) is 11.3 Å². The van der Waals surface area contributed by atoms with Gasteiger partial charge in [-0.25, -0.2) is 0 Å². The Morgan fingerprint density at radius 3 is 2.62 bits per heavy atom. The number of likely N-dealkylation sites (N-methyl/N-ethyl adjacent to an activating group) is 1. The van der Waals surface area contributed by atoms with Crippen molar-refractivity contribution >= 4 is 5.57 Å². The molecule has 1 saturated heterocycles. The summed E-state index contributed by atoms with van der Waals surface area (Å²) >= 11 is 0. The van der Waals surface area contributed by atoms with Crippen LogP contribution in [0.5, 0.6) is 0 Å². The highest BCUT2D eigenvalue weighted by Crippen LogP contribution is 2.68. The van der Waals surface area contributed by atoms with Crippen molar-refractivity contribution < 1.29 is 14.9 Å². The molecule has 1 unspecified atom stereocenters. The Morgan fingerprint density at radius 2 is 1.91 bits per heavy atom. The summed E-state index contributed by atoms with van der Waals surface area (Å²) in [5, 5.41) is 22.0. The van der Waals surface area contributed by atoms with Crippen molar-refractivity contribution in [1.29, 1.82) is 0 Å². The number of ether oxygens (including phenoxy) is 1. The highest BCUT2D eigenvalue weighted by atomic mass is 16.5. The third-order valence-electron chi connectivity index (χ3n) is 9.39. The fourth-order valence-corrected chi connectivity index (χ4v) is 7.98. The SMILES string of the molecule is CC1=C2C=C3[C@@H](O)[C@H](O)[C@@H](N(C)C)C[C@]34CC[C@]2(O4)C2CC=C(c3ccncc3)[C@@]2(C)C1. The first-order chi connectivity index (χ1) is 15.2. The number of rotatable bonds is 2. The second kappa shape index (κ2) is 6.63. The second-order valence-corrected chi connectivity index (χ2v) is 11.2. The molecule has 5 aliphatic rings. The van der Waals surface area contributed by atoms with E-state index in [1.165, 1.54) is 22.3 Å². The van der Waals surface area contributed by atoms with Gasteiger partial charge in [0.25, 0.3) is 0 Å². The second-order valence-electron chi connectivity index (χ2n) is 11.2. The summed E-state index contributed by atoms with van der Waals surface area (Å²) in [7, 11) is 3.96. The molecular weight excluding hydrogens is 400 g/mol. The normalized spacial score (nSPS) is 44.7. The van der Waals surface area contributed by atoms with Gasteiger partial charge in [0.1, 0.15) is 6.10 Å². The predicted octanol–water partition coefficient (Wildman–Crippen LogP) is 3.50. The molecular formula is C27H34N2O3. The van der Waals surface area contributed by atoms with Gasteiger partial charge in [0.15, 0.2) is 0 Å². The summed E-state index contributed by atoms with van der Waals surface area (Å²) in [6.07, 6.45) is 11.4. The first-order valence-corrected chi connectivity index (χ1v) is 12.0. The minimum atomic E-state index is -0.880. The van der Waals surface area contributed by atoms with Crippen molar-refractivity contribution in [1.82, 2.24) is 9.88 Å². The first kappa shape index (κ1) is 20.8. The molecule has 1 aromatic heterocycles. The molecule has 1 saturated carbocycles. The lowest BCUT2D eigenvalue weighted by atomic mass is 9.56. The summed E-state index contributed by atoms with van der Waals surface area (Å²) in [4.78, 5) is 6.26. The molecule has 0 amide bonds. The Bertz CT molecular complexity index is 1060. The summed E-state index contributed by atoms with van der Waals surface area (Å²) in [6.45, 7) is 4.66. The molecule has 6 rings (SSSR count). The summed E-state index contributed by atoms with van der Waals surface area (Å²) in [6, 6.07) is 4.14. The highest BCUT2D eigenvalue weighted by molar-refractivity contribution is 5.74. The molecule has 7 atom stereocenters. The van der Waals surface area contributed by atoms with Gasteiger partial charge in [-0.15, -0.1) is 0 Å². The lowest BCUT2D eigenvalue weighted by Crippen LogP contribution is -2.62. The molecule has 0 radical (unpaired) electrons. The van der Waals surface area contributed by atoms with Crippen LogP contribution in [0.2, 0.25) is 0 Å². The van der Waals surface area contributed by atoms with E-state index in [4.69, 9.17) is 4.74 Å². The molecule has 1 aromatic rings. The lowest BCUT2D eigenvalue weighted by molar-refractivity contribution is -0.162. The highest BCUT2D eigenvalue weighted by Gasteiger charge is 2.67. The van der Waals surface area contributed by atoms with E-state index in [0.29, 0.717) is 5.92 Å². The van der Waals surface area contributed by atoms with Crippen LogP contribution >= 0.6 is 0 Å². The first-order valence-electron chi connectivity index (χ1n) is 12.0. The maximum absolute atomic E-state index is 11.1. The van der Waals surface area contributed by atoms with Crippen LogP contribution in [-0.2, 0) is 4.74 Å². The smallest absolute Gasteiger partial charge is 0.105 e. The minimum Gasteiger partial charge on any atom is -0.388 e. The van der Waals surface area contributed by atoms with Crippen LogP contribution in [0, 0.1) is 11.3 Å². The number of fused-ring (bicyclic) bond motifs is 1. The number of allylic oxidation sites excluding steroid dienone is 3. The standard InChI is InChI=1S/C27H34N2O3/c1-16-14-25(2)18(17-7-11-28-12-8-17)5-6-22(25)27-10-9-26(32-27)15-21(29(3)4)24(31)23(30)20(26)13-19(16)27/h5,7-8,11-13,21-24,30-31H,6,9-10,14-15H2,1-4H3/t21-,22?,23+,24+,25+,26+,27+/m0/s1. The summed E-state index contributed by atoms with van der Waals surface area (Å²) < 4.78 is 7.24. The molecule has 2 bridgehead atoms. The summed E-state index contributed by atoms with van der Waals surface area (Å²) in [5.74, 6) is 0.371. The van der Waals surface area contributed by atoms with Crippen LogP contribution in [-0.4, -0.2) is 63.6 Å². The maximum Gasteiger partial charge on any atom is 0.105 e. The molecule has 2 N–H and O–H groups in total. The third-order valence-corrected chi connectivity index (χ3v) is 9.39. The van der Waals surface area contributed by atoms with Gasteiger partial charge in [-0.2, -0.15) is 0 Å². The number of aliphatic hydroxyl groups excluding tert-OH is 2. The van der Waals surface area contributed by atoms with E-state index in [2.05, 4.69) is 43.1 Å². The molecule has 2 spiro atoms. The van der Waals surface area contributed by atoms with Gasteiger partial charge in [-0.3, -0.25) is 4.98 Å². The van der Waals surface area contributed by atoms with E-state index < -0.39 is 17.8 Å². The van der Waals surface area contributed by atoms with Crippen molar-refractivity contribution in [2.45, 2.75) is 75.4 Å². The van der Waals surface area contributed by atoms with Crippen molar-refractivity contribution in [2.75, 3.05) is 14.1 Å².